The topological polar surface area (TPSA) is 80.9 Å². The second-order valence-corrected chi connectivity index (χ2v) is 9.90. The number of phenolic OH excluding ortho intramolecular Hbond substituents is 2. The van der Waals surface area contributed by atoms with E-state index < -0.39 is 6.10 Å². The van der Waals surface area contributed by atoms with Gasteiger partial charge in [-0.15, -0.1) is 0 Å². The summed E-state index contributed by atoms with van der Waals surface area (Å²) >= 11 is 0. The third-order valence-corrected chi connectivity index (χ3v) is 6.68. The molecule has 0 spiro atoms. The first-order chi connectivity index (χ1) is 15.1. The molecule has 0 radical (unpaired) electrons. The van der Waals surface area contributed by atoms with Crippen LogP contribution in [-0.2, 0) is 12.8 Å². The molecule has 2 aromatic rings. The molecule has 4 nitrogen and oxygen atoms in total. The minimum atomic E-state index is -0.478. The van der Waals surface area contributed by atoms with Gasteiger partial charge >= 0.3 is 0 Å². The molecule has 1 aliphatic carbocycles. The van der Waals surface area contributed by atoms with E-state index in [9.17, 15) is 20.4 Å². The number of aliphatic hydroxyl groups excluding tert-OH is 2. The predicted molar refractivity (Wildman–Crippen MR) is 129 cm³/mol. The minimum absolute atomic E-state index is 0.0465. The van der Waals surface area contributed by atoms with Gasteiger partial charge in [0.15, 0.2) is 0 Å². The van der Waals surface area contributed by atoms with Gasteiger partial charge in [-0.2, -0.15) is 0 Å². The van der Waals surface area contributed by atoms with Gasteiger partial charge in [0.25, 0.3) is 0 Å². The Labute approximate surface area is 192 Å². The molecule has 0 fully saturated rings. The maximum absolute atomic E-state index is 11.2. The standard InChI is InChI=1S/C28H38O4/c1-16-8-17(2)10-23(9-16)26(24-14-21(6-7-29)11-18(3)27(24)31)25-15-22(13-20(5)30)12-19(4)28(25)32/h8,11-12,14-16,20,23,26,29-32H,6-7,9-10,13H2,1-5H3. The molecule has 0 amide bonds. The highest BCUT2D eigenvalue weighted by molar-refractivity contribution is 5.54. The van der Waals surface area contributed by atoms with Gasteiger partial charge in [-0.3, -0.25) is 0 Å². The average Bonchev–Trinajstić information content (AvgIpc) is 2.68. The van der Waals surface area contributed by atoms with Crippen molar-refractivity contribution < 1.29 is 20.4 Å². The van der Waals surface area contributed by atoms with E-state index in [-0.39, 0.29) is 29.9 Å². The Morgan fingerprint density at radius 1 is 0.938 bits per heavy atom. The number of hydrogen-bond acceptors (Lipinski definition) is 4. The van der Waals surface area contributed by atoms with Crippen LogP contribution in [0, 0.1) is 25.7 Å². The SMILES string of the molecule is CC1=CC(C)CC(C(c2cc(CCO)cc(C)c2O)c2cc(CC(C)O)cc(C)c2O)C1. The van der Waals surface area contributed by atoms with Crippen molar-refractivity contribution in [2.75, 3.05) is 6.61 Å². The van der Waals surface area contributed by atoms with E-state index in [0.29, 0.717) is 18.8 Å². The Balaban J connectivity index is 2.24. The number of aliphatic hydroxyl groups is 2. The molecule has 1 aliphatic rings. The van der Waals surface area contributed by atoms with Crippen LogP contribution in [0.4, 0.5) is 0 Å². The van der Waals surface area contributed by atoms with Crippen LogP contribution in [0.2, 0.25) is 0 Å². The van der Waals surface area contributed by atoms with Gasteiger partial charge in [0.1, 0.15) is 11.5 Å². The third-order valence-electron chi connectivity index (χ3n) is 6.68. The van der Waals surface area contributed by atoms with Gasteiger partial charge in [-0.1, -0.05) is 42.8 Å². The highest BCUT2D eigenvalue weighted by Crippen LogP contribution is 2.48. The van der Waals surface area contributed by atoms with Crippen molar-refractivity contribution in [1.82, 2.24) is 0 Å². The first-order valence-corrected chi connectivity index (χ1v) is 11.7. The number of allylic oxidation sites excluding steroid dienone is 2. The molecule has 0 heterocycles. The summed E-state index contributed by atoms with van der Waals surface area (Å²) < 4.78 is 0. The molecular formula is C28H38O4. The first-order valence-electron chi connectivity index (χ1n) is 11.7. The monoisotopic (exact) mass is 438 g/mol. The van der Waals surface area contributed by atoms with E-state index in [1.165, 1.54) is 5.57 Å². The summed E-state index contributed by atoms with van der Waals surface area (Å²) in [6, 6.07) is 7.86. The maximum Gasteiger partial charge on any atom is 0.122 e. The average molecular weight is 439 g/mol. The van der Waals surface area contributed by atoms with Crippen LogP contribution in [0.15, 0.2) is 35.9 Å². The lowest BCUT2D eigenvalue weighted by Gasteiger charge is -2.35. The molecule has 0 saturated heterocycles. The van der Waals surface area contributed by atoms with Crippen LogP contribution >= 0.6 is 0 Å². The molecule has 0 aliphatic heterocycles. The predicted octanol–water partition coefficient (Wildman–Crippen LogP) is 5.30. The fourth-order valence-corrected chi connectivity index (χ4v) is 5.50. The summed E-state index contributed by atoms with van der Waals surface area (Å²) in [6.45, 7) is 9.97. The Bertz CT molecular complexity index is 989. The summed E-state index contributed by atoms with van der Waals surface area (Å²) in [5, 5.41) is 41.8. The molecule has 32 heavy (non-hydrogen) atoms. The van der Waals surface area contributed by atoms with Crippen LogP contribution in [0.1, 0.15) is 72.9 Å². The number of phenols is 2. The van der Waals surface area contributed by atoms with Gasteiger partial charge in [0.05, 0.1) is 6.10 Å². The van der Waals surface area contributed by atoms with E-state index in [0.717, 1.165) is 46.2 Å². The quantitative estimate of drug-likeness (QED) is 0.442. The highest BCUT2D eigenvalue weighted by Gasteiger charge is 2.33. The van der Waals surface area contributed by atoms with E-state index in [2.05, 4.69) is 19.9 Å². The Morgan fingerprint density at radius 3 is 2.03 bits per heavy atom. The van der Waals surface area contributed by atoms with Crippen molar-refractivity contribution in [3.63, 3.8) is 0 Å². The molecule has 0 bridgehead atoms. The maximum atomic E-state index is 11.2. The van der Waals surface area contributed by atoms with E-state index >= 15 is 0 Å². The summed E-state index contributed by atoms with van der Waals surface area (Å²) in [7, 11) is 0. The van der Waals surface area contributed by atoms with E-state index in [4.69, 9.17) is 0 Å². The number of aromatic hydroxyl groups is 2. The molecule has 4 heteroatoms. The second kappa shape index (κ2) is 10.1. The molecule has 4 N–H and O–H groups in total. The largest absolute Gasteiger partial charge is 0.507 e. The van der Waals surface area contributed by atoms with Crippen molar-refractivity contribution in [1.29, 1.82) is 0 Å². The lowest BCUT2D eigenvalue weighted by molar-refractivity contribution is 0.195. The zero-order chi connectivity index (χ0) is 23.6. The molecule has 0 aromatic heterocycles. The van der Waals surface area contributed by atoms with Crippen LogP contribution in [0.3, 0.4) is 0 Å². The molecular weight excluding hydrogens is 400 g/mol. The third kappa shape index (κ3) is 5.36. The van der Waals surface area contributed by atoms with Crippen LogP contribution in [0.25, 0.3) is 0 Å². The zero-order valence-corrected chi connectivity index (χ0v) is 20.0. The van der Waals surface area contributed by atoms with Crippen molar-refractivity contribution in [2.45, 2.75) is 72.3 Å². The second-order valence-electron chi connectivity index (χ2n) is 9.90. The minimum Gasteiger partial charge on any atom is -0.507 e. The lowest BCUT2D eigenvalue weighted by Crippen LogP contribution is -2.22. The summed E-state index contributed by atoms with van der Waals surface area (Å²) in [4.78, 5) is 0. The van der Waals surface area contributed by atoms with Crippen LogP contribution in [-0.4, -0.2) is 33.1 Å². The molecule has 2 aromatic carbocycles. The van der Waals surface area contributed by atoms with Crippen LogP contribution in [0.5, 0.6) is 11.5 Å². The Morgan fingerprint density at radius 2 is 1.50 bits per heavy atom. The Kier molecular flexibility index (Phi) is 7.68. The van der Waals surface area contributed by atoms with Gasteiger partial charge < -0.3 is 20.4 Å². The van der Waals surface area contributed by atoms with Crippen LogP contribution < -0.4 is 0 Å². The van der Waals surface area contributed by atoms with Crippen molar-refractivity contribution in [3.8, 4) is 11.5 Å². The van der Waals surface area contributed by atoms with Gasteiger partial charge in [0, 0.05) is 23.7 Å². The fourth-order valence-electron chi connectivity index (χ4n) is 5.50. The van der Waals surface area contributed by atoms with Crippen molar-refractivity contribution in [3.05, 3.63) is 69.3 Å². The summed E-state index contributed by atoms with van der Waals surface area (Å²) in [6.07, 6.45) is 4.73. The smallest absolute Gasteiger partial charge is 0.122 e. The summed E-state index contributed by atoms with van der Waals surface area (Å²) in [5.74, 6) is 0.968. The molecule has 3 rings (SSSR count). The molecule has 4 unspecified atom stereocenters. The number of hydrogen-bond donors (Lipinski definition) is 4. The summed E-state index contributed by atoms with van der Waals surface area (Å²) in [5.41, 5.74) is 6.47. The highest BCUT2D eigenvalue weighted by atomic mass is 16.3. The van der Waals surface area contributed by atoms with Gasteiger partial charge in [-0.05, 0) is 87.5 Å². The number of benzene rings is 2. The van der Waals surface area contributed by atoms with Crippen molar-refractivity contribution >= 4 is 0 Å². The fraction of sp³-hybridized carbons (Fsp3) is 0.500. The van der Waals surface area contributed by atoms with E-state index in [1.807, 2.05) is 38.1 Å². The molecule has 174 valence electrons. The van der Waals surface area contributed by atoms with Crippen molar-refractivity contribution in [2.24, 2.45) is 11.8 Å². The molecule has 4 atom stereocenters. The number of aryl methyl sites for hydroxylation is 2. The normalized spacial score (nSPS) is 20.7. The lowest BCUT2D eigenvalue weighted by atomic mass is 9.70. The first kappa shape index (κ1) is 24.3. The molecule has 0 saturated carbocycles. The number of rotatable bonds is 7. The van der Waals surface area contributed by atoms with Gasteiger partial charge in [0.2, 0.25) is 0 Å². The van der Waals surface area contributed by atoms with E-state index in [1.54, 1.807) is 6.92 Å². The Hall–Kier alpha value is -2.30. The van der Waals surface area contributed by atoms with Gasteiger partial charge in [-0.25, -0.2) is 0 Å². The zero-order valence-electron chi connectivity index (χ0n) is 20.0.